The summed E-state index contributed by atoms with van der Waals surface area (Å²) in [7, 11) is 4.34. The molecule has 0 amide bonds. The molecule has 2 heteroatoms. The van der Waals surface area contributed by atoms with Crippen molar-refractivity contribution in [1.29, 1.82) is 0 Å². The van der Waals surface area contributed by atoms with Gasteiger partial charge in [0.2, 0.25) is 0 Å². The van der Waals surface area contributed by atoms with Crippen LogP contribution in [0, 0.1) is 11.3 Å². The maximum Gasteiger partial charge on any atom is 0.0271 e. The van der Waals surface area contributed by atoms with Gasteiger partial charge in [0.05, 0.1) is 0 Å². The molecular formula is C16H34N2. The molecule has 1 fully saturated rings. The molecule has 1 rings (SSSR count). The lowest BCUT2D eigenvalue weighted by Crippen LogP contribution is -2.52. The van der Waals surface area contributed by atoms with E-state index in [4.69, 9.17) is 0 Å². The van der Waals surface area contributed by atoms with Crippen molar-refractivity contribution in [2.24, 2.45) is 11.3 Å². The number of nitrogens with zero attached hydrogens (tertiary/aromatic N) is 1. The van der Waals surface area contributed by atoms with E-state index in [1.54, 1.807) is 0 Å². The highest BCUT2D eigenvalue weighted by Crippen LogP contribution is 2.38. The highest BCUT2D eigenvalue weighted by Gasteiger charge is 2.34. The topological polar surface area (TPSA) is 15.3 Å². The highest BCUT2D eigenvalue weighted by atomic mass is 15.2. The summed E-state index contributed by atoms with van der Waals surface area (Å²) in [6, 6.07) is 0.706. The summed E-state index contributed by atoms with van der Waals surface area (Å²) < 4.78 is 0. The number of hydrogen-bond donors (Lipinski definition) is 1. The van der Waals surface area contributed by atoms with Crippen LogP contribution in [-0.2, 0) is 0 Å². The minimum absolute atomic E-state index is 0.236. The van der Waals surface area contributed by atoms with Gasteiger partial charge >= 0.3 is 0 Å². The fourth-order valence-corrected chi connectivity index (χ4v) is 2.95. The van der Waals surface area contributed by atoms with Crippen molar-refractivity contribution in [1.82, 2.24) is 10.2 Å². The summed E-state index contributed by atoms with van der Waals surface area (Å²) >= 11 is 0. The van der Waals surface area contributed by atoms with Crippen LogP contribution in [0.2, 0.25) is 0 Å². The van der Waals surface area contributed by atoms with Gasteiger partial charge in [-0.15, -0.1) is 0 Å². The molecule has 108 valence electrons. The van der Waals surface area contributed by atoms with E-state index in [9.17, 15) is 0 Å². The van der Waals surface area contributed by atoms with Crippen LogP contribution < -0.4 is 5.32 Å². The predicted molar refractivity (Wildman–Crippen MR) is 81.0 cm³/mol. The zero-order valence-corrected chi connectivity index (χ0v) is 13.6. The first-order valence-electron chi connectivity index (χ1n) is 7.55. The van der Waals surface area contributed by atoms with E-state index in [2.05, 4.69) is 58.9 Å². The first kappa shape index (κ1) is 16.0. The minimum Gasteiger partial charge on any atom is -0.312 e. The molecule has 0 saturated heterocycles. The Morgan fingerprint density at radius 2 is 1.56 bits per heavy atom. The molecule has 1 aliphatic rings. The van der Waals surface area contributed by atoms with Crippen LogP contribution >= 0.6 is 0 Å². The van der Waals surface area contributed by atoms with Crippen LogP contribution in [-0.4, -0.2) is 37.1 Å². The molecule has 1 N–H and O–H groups in total. The summed E-state index contributed by atoms with van der Waals surface area (Å²) in [6.45, 7) is 12.9. The number of hydrogen-bond acceptors (Lipinski definition) is 2. The lowest BCUT2D eigenvalue weighted by molar-refractivity contribution is 0.111. The van der Waals surface area contributed by atoms with E-state index in [1.165, 1.54) is 25.7 Å². The second kappa shape index (κ2) is 5.92. The van der Waals surface area contributed by atoms with Crippen molar-refractivity contribution in [2.75, 3.05) is 20.6 Å². The minimum atomic E-state index is 0.236. The monoisotopic (exact) mass is 254 g/mol. The van der Waals surface area contributed by atoms with Gasteiger partial charge in [-0.25, -0.2) is 0 Å². The zero-order chi connectivity index (χ0) is 14.0. The smallest absolute Gasteiger partial charge is 0.0271 e. The predicted octanol–water partition coefficient (Wildman–Crippen LogP) is 3.52. The molecule has 0 aliphatic heterocycles. The molecule has 1 saturated carbocycles. The Labute approximate surface area is 115 Å². The van der Waals surface area contributed by atoms with Crippen molar-refractivity contribution in [2.45, 2.75) is 71.9 Å². The van der Waals surface area contributed by atoms with Crippen LogP contribution in [0.5, 0.6) is 0 Å². The van der Waals surface area contributed by atoms with E-state index in [0.717, 1.165) is 12.5 Å². The Morgan fingerprint density at radius 1 is 1.00 bits per heavy atom. The maximum atomic E-state index is 3.86. The summed E-state index contributed by atoms with van der Waals surface area (Å²) in [4.78, 5) is 2.31. The van der Waals surface area contributed by atoms with Crippen LogP contribution in [0.25, 0.3) is 0 Å². The molecule has 0 aromatic carbocycles. The van der Waals surface area contributed by atoms with E-state index >= 15 is 0 Å². The molecule has 2 atom stereocenters. The summed E-state index contributed by atoms with van der Waals surface area (Å²) in [6.07, 6.45) is 5.55. The third-order valence-electron chi connectivity index (χ3n) is 4.89. The van der Waals surface area contributed by atoms with Gasteiger partial charge < -0.3 is 10.2 Å². The fourth-order valence-electron chi connectivity index (χ4n) is 2.95. The second-order valence-corrected chi connectivity index (χ2v) is 7.95. The molecular weight excluding hydrogens is 220 g/mol. The van der Waals surface area contributed by atoms with Gasteiger partial charge in [-0.1, -0.05) is 33.6 Å². The van der Waals surface area contributed by atoms with E-state index in [0.29, 0.717) is 11.5 Å². The Morgan fingerprint density at radius 3 is 2.06 bits per heavy atom. The highest BCUT2D eigenvalue weighted by molar-refractivity contribution is 4.90. The van der Waals surface area contributed by atoms with Gasteiger partial charge in [0.25, 0.3) is 0 Å². The fraction of sp³-hybridized carbons (Fsp3) is 1.00. The van der Waals surface area contributed by atoms with E-state index in [-0.39, 0.29) is 5.54 Å². The van der Waals surface area contributed by atoms with Gasteiger partial charge in [0, 0.05) is 18.1 Å². The zero-order valence-electron chi connectivity index (χ0n) is 13.6. The normalized spacial score (nSPS) is 26.7. The maximum absolute atomic E-state index is 3.86. The van der Waals surface area contributed by atoms with Gasteiger partial charge in [0.1, 0.15) is 0 Å². The number of likely N-dealkylation sites (N-methyl/N-ethyl adjacent to an activating group) is 1. The second-order valence-electron chi connectivity index (χ2n) is 7.95. The summed E-state index contributed by atoms with van der Waals surface area (Å²) in [5.74, 6) is 0.823. The number of nitrogens with one attached hydrogen (secondary N) is 1. The summed E-state index contributed by atoms with van der Waals surface area (Å²) in [5.41, 5.74) is 0.667. The molecule has 0 aromatic heterocycles. The van der Waals surface area contributed by atoms with Crippen molar-refractivity contribution in [3.05, 3.63) is 0 Å². The van der Waals surface area contributed by atoms with Crippen LogP contribution in [0.1, 0.15) is 60.3 Å². The van der Waals surface area contributed by atoms with Gasteiger partial charge in [-0.3, -0.25) is 0 Å². The SMILES string of the molecule is CN(C)C(C)(C)CNC1CCCCC1C(C)(C)C. The van der Waals surface area contributed by atoms with Crippen LogP contribution in [0.3, 0.4) is 0 Å². The van der Waals surface area contributed by atoms with Gasteiger partial charge in [-0.2, -0.15) is 0 Å². The Hall–Kier alpha value is -0.0800. The average Bonchev–Trinajstić information content (AvgIpc) is 2.25. The number of rotatable bonds is 4. The largest absolute Gasteiger partial charge is 0.312 e. The average molecular weight is 254 g/mol. The van der Waals surface area contributed by atoms with E-state index < -0.39 is 0 Å². The Kier molecular flexibility index (Phi) is 5.25. The third kappa shape index (κ3) is 4.24. The van der Waals surface area contributed by atoms with Crippen LogP contribution in [0.4, 0.5) is 0 Å². The quantitative estimate of drug-likeness (QED) is 0.826. The Bertz CT molecular complexity index is 250. The molecule has 0 bridgehead atoms. The van der Waals surface area contributed by atoms with Crippen molar-refractivity contribution >= 4 is 0 Å². The molecule has 1 aliphatic carbocycles. The van der Waals surface area contributed by atoms with Gasteiger partial charge in [0.15, 0.2) is 0 Å². The van der Waals surface area contributed by atoms with Crippen molar-refractivity contribution < 1.29 is 0 Å². The lowest BCUT2D eigenvalue weighted by atomic mass is 9.69. The molecule has 0 radical (unpaired) electrons. The Balaban J connectivity index is 2.58. The molecule has 0 spiro atoms. The first-order valence-corrected chi connectivity index (χ1v) is 7.55. The molecule has 18 heavy (non-hydrogen) atoms. The van der Waals surface area contributed by atoms with Crippen molar-refractivity contribution in [3.8, 4) is 0 Å². The van der Waals surface area contributed by atoms with Crippen molar-refractivity contribution in [3.63, 3.8) is 0 Å². The first-order chi connectivity index (χ1) is 8.14. The van der Waals surface area contributed by atoms with E-state index in [1.807, 2.05) is 0 Å². The summed E-state index contributed by atoms with van der Waals surface area (Å²) in [5, 5.41) is 3.86. The molecule has 2 nitrogen and oxygen atoms in total. The van der Waals surface area contributed by atoms with Gasteiger partial charge in [-0.05, 0) is 52.1 Å². The molecule has 0 heterocycles. The molecule has 2 unspecified atom stereocenters. The lowest BCUT2D eigenvalue weighted by Gasteiger charge is -2.43. The molecule has 0 aromatic rings. The third-order valence-corrected chi connectivity index (χ3v) is 4.89. The van der Waals surface area contributed by atoms with Crippen LogP contribution in [0.15, 0.2) is 0 Å². The standard InChI is InChI=1S/C16H34N2/c1-15(2,3)13-10-8-9-11-14(13)17-12-16(4,5)18(6)7/h13-14,17H,8-12H2,1-7H3.